The van der Waals surface area contributed by atoms with Crippen LogP contribution in [0.5, 0.6) is 0 Å². The van der Waals surface area contributed by atoms with Gasteiger partial charge in [-0.1, -0.05) is 0 Å². The SMILES string of the molecule is O=C1CC(CS(=O)(=O)Cl)CN1c1cc(C(F)(F)F)ccc1Br. The highest BCUT2D eigenvalue weighted by Gasteiger charge is 2.36. The van der Waals surface area contributed by atoms with Crippen molar-refractivity contribution in [2.24, 2.45) is 5.92 Å². The molecule has 0 spiro atoms. The Hall–Kier alpha value is -0.800. The molecule has 1 fully saturated rings. The number of alkyl halides is 3. The Balaban J connectivity index is 2.30. The van der Waals surface area contributed by atoms with E-state index in [2.05, 4.69) is 15.9 Å². The van der Waals surface area contributed by atoms with Crippen LogP contribution in [-0.4, -0.2) is 26.6 Å². The average molecular weight is 421 g/mol. The predicted octanol–water partition coefficient (Wildman–Crippen LogP) is 3.39. The van der Waals surface area contributed by atoms with Crippen LogP contribution in [0.2, 0.25) is 0 Å². The summed E-state index contributed by atoms with van der Waals surface area (Å²) in [7, 11) is 1.38. The Kier molecular flexibility index (Phi) is 4.79. The van der Waals surface area contributed by atoms with Crippen LogP contribution < -0.4 is 4.90 Å². The van der Waals surface area contributed by atoms with E-state index >= 15 is 0 Å². The molecule has 1 aliphatic heterocycles. The minimum Gasteiger partial charge on any atom is -0.311 e. The van der Waals surface area contributed by atoms with Crippen LogP contribution in [-0.2, 0) is 20.0 Å². The van der Waals surface area contributed by atoms with Crippen LogP contribution >= 0.6 is 26.6 Å². The number of amides is 1. The fraction of sp³-hybridized carbons (Fsp3) is 0.417. The third-order valence-electron chi connectivity index (χ3n) is 3.20. The molecule has 10 heteroatoms. The number of rotatable bonds is 3. The number of carbonyl (C=O) groups is 1. The second-order valence-corrected chi connectivity index (χ2v) is 8.62. The average Bonchev–Trinajstić information content (AvgIpc) is 2.66. The van der Waals surface area contributed by atoms with Crippen molar-refractivity contribution in [2.45, 2.75) is 12.6 Å². The third-order valence-corrected chi connectivity index (χ3v) is 5.12. The maximum Gasteiger partial charge on any atom is 0.416 e. The van der Waals surface area contributed by atoms with Crippen LogP contribution in [0.3, 0.4) is 0 Å². The highest BCUT2D eigenvalue weighted by molar-refractivity contribution is 9.10. The monoisotopic (exact) mass is 419 g/mol. The zero-order valence-corrected chi connectivity index (χ0v) is 14.1. The van der Waals surface area contributed by atoms with Crippen LogP contribution in [0, 0.1) is 5.92 Å². The van der Waals surface area contributed by atoms with Gasteiger partial charge in [0.2, 0.25) is 15.0 Å². The summed E-state index contributed by atoms with van der Waals surface area (Å²) >= 11 is 3.11. The highest BCUT2D eigenvalue weighted by atomic mass is 79.9. The number of hydrogen-bond acceptors (Lipinski definition) is 3. The first-order chi connectivity index (χ1) is 9.97. The molecule has 1 aliphatic rings. The maximum atomic E-state index is 12.8. The molecule has 1 heterocycles. The number of hydrogen-bond donors (Lipinski definition) is 0. The van der Waals surface area contributed by atoms with Crippen molar-refractivity contribution in [2.75, 3.05) is 17.2 Å². The van der Waals surface area contributed by atoms with Crippen LogP contribution in [0.25, 0.3) is 0 Å². The first-order valence-corrected chi connectivity index (χ1v) is 9.34. The summed E-state index contributed by atoms with van der Waals surface area (Å²) in [6.45, 7) is 0.00466. The molecule has 1 atom stereocenters. The summed E-state index contributed by atoms with van der Waals surface area (Å²) in [5.41, 5.74) is -0.818. The number of anilines is 1. The van der Waals surface area contributed by atoms with E-state index in [1.165, 1.54) is 6.07 Å². The molecular weight excluding hydrogens is 411 g/mol. The van der Waals surface area contributed by atoms with Crippen molar-refractivity contribution < 1.29 is 26.4 Å². The lowest BCUT2D eigenvalue weighted by molar-refractivity contribution is -0.137. The minimum absolute atomic E-state index is 0.00466. The van der Waals surface area contributed by atoms with Crippen molar-refractivity contribution in [3.05, 3.63) is 28.2 Å². The van der Waals surface area contributed by atoms with Crippen molar-refractivity contribution in [1.82, 2.24) is 0 Å². The van der Waals surface area contributed by atoms with Crippen LogP contribution in [0.1, 0.15) is 12.0 Å². The molecule has 2 rings (SSSR count). The van der Waals surface area contributed by atoms with E-state index in [9.17, 15) is 26.4 Å². The van der Waals surface area contributed by atoms with Crippen molar-refractivity contribution in [3.8, 4) is 0 Å². The first kappa shape index (κ1) is 17.6. The second kappa shape index (κ2) is 6.01. The molecule has 0 bridgehead atoms. The van der Waals surface area contributed by atoms with Gasteiger partial charge >= 0.3 is 6.18 Å². The number of halogens is 5. The van der Waals surface area contributed by atoms with Crippen molar-refractivity contribution >= 4 is 47.3 Å². The largest absolute Gasteiger partial charge is 0.416 e. The molecule has 22 heavy (non-hydrogen) atoms. The fourth-order valence-corrected chi connectivity index (χ4v) is 4.08. The molecule has 1 saturated heterocycles. The van der Waals surface area contributed by atoms with Gasteiger partial charge in [-0.3, -0.25) is 4.79 Å². The highest BCUT2D eigenvalue weighted by Crippen LogP contribution is 2.37. The van der Waals surface area contributed by atoms with E-state index < -0.39 is 38.4 Å². The van der Waals surface area contributed by atoms with Crippen LogP contribution in [0.15, 0.2) is 22.7 Å². The topological polar surface area (TPSA) is 54.5 Å². The summed E-state index contributed by atoms with van der Waals surface area (Å²) in [6, 6.07) is 2.96. The molecule has 0 aromatic heterocycles. The molecule has 4 nitrogen and oxygen atoms in total. The summed E-state index contributed by atoms with van der Waals surface area (Å²) in [6.07, 6.45) is -4.61. The van der Waals surface area contributed by atoms with E-state index in [1.54, 1.807) is 0 Å². The molecule has 0 N–H and O–H groups in total. The maximum absolute atomic E-state index is 12.8. The summed E-state index contributed by atoms with van der Waals surface area (Å²) in [4.78, 5) is 13.1. The molecule has 1 aromatic carbocycles. The molecule has 1 aromatic rings. The van der Waals surface area contributed by atoms with Gasteiger partial charge in [0.1, 0.15) is 0 Å². The van der Waals surface area contributed by atoms with Gasteiger partial charge in [-0.25, -0.2) is 8.42 Å². The standard InChI is InChI=1S/C12H10BrClF3NO3S/c13-9-2-1-8(12(15,16)17)4-10(9)18-5-7(3-11(18)19)6-22(14,20)21/h1-2,4,7H,3,5-6H2. The summed E-state index contributed by atoms with van der Waals surface area (Å²) in [5.74, 6) is -1.38. The van der Waals surface area contributed by atoms with Gasteiger partial charge < -0.3 is 4.90 Å². The molecule has 1 amide bonds. The van der Waals surface area contributed by atoms with E-state index in [1.807, 2.05) is 0 Å². The van der Waals surface area contributed by atoms with Gasteiger partial charge in [-0.2, -0.15) is 13.2 Å². The van der Waals surface area contributed by atoms with Gasteiger partial charge in [-0.15, -0.1) is 0 Å². The third kappa shape index (κ3) is 4.14. The van der Waals surface area contributed by atoms with Gasteiger partial charge in [0.25, 0.3) is 0 Å². The molecule has 122 valence electrons. The lowest BCUT2D eigenvalue weighted by atomic mass is 10.1. The quantitative estimate of drug-likeness (QED) is 0.705. The Morgan fingerprint density at radius 2 is 2.00 bits per heavy atom. The fourth-order valence-electron chi connectivity index (χ4n) is 2.30. The van der Waals surface area contributed by atoms with E-state index in [0.29, 0.717) is 4.47 Å². The summed E-state index contributed by atoms with van der Waals surface area (Å²) < 4.78 is 60.8. The predicted molar refractivity (Wildman–Crippen MR) is 79.2 cm³/mol. The lowest BCUT2D eigenvalue weighted by Crippen LogP contribution is -2.26. The smallest absolute Gasteiger partial charge is 0.311 e. The van der Waals surface area contributed by atoms with Gasteiger partial charge in [0, 0.05) is 34.0 Å². The number of carbonyl (C=O) groups excluding carboxylic acids is 1. The normalized spacial score (nSPS) is 19.8. The lowest BCUT2D eigenvalue weighted by Gasteiger charge is -2.20. The first-order valence-electron chi connectivity index (χ1n) is 6.07. The molecule has 1 unspecified atom stereocenters. The van der Waals surface area contributed by atoms with Crippen molar-refractivity contribution in [1.29, 1.82) is 0 Å². The van der Waals surface area contributed by atoms with Crippen LogP contribution in [0.4, 0.5) is 18.9 Å². The van der Waals surface area contributed by atoms with Gasteiger partial charge in [-0.05, 0) is 34.1 Å². The number of benzene rings is 1. The van der Waals surface area contributed by atoms with E-state index in [4.69, 9.17) is 10.7 Å². The van der Waals surface area contributed by atoms with E-state index in [-0.39, 0.29) is 18.7 Å². The zero-order chi connectivity index (χ0) is 16.7. The summed E-state index contributed by atoms with van der Waals surface area (Å²) in [5, 5.41) is 0. The molecular formula is C12H10BrClF3NO3S. The molecule has 0 radical (unpaired) electrons. The zero-order valence-electron chi connectivity index (χ0n) is 10.9. The van der Waals surface area contributed by atoms with E-state index in [0.717, 1.165) is 17.0 Å². The Morgan fingerprint density at radius 3 is 2.55 bits per heavy atom. The van der Waals surface area contributed by atoms with Crippen molar-refractivity contribution in [3.63, 3.8) is 0 Å². The van der Waals surface area contributed by atoms with Gasteiger partial charge in [0.15, 0.2) is 0 Å². The Labute approximate surface area is 137 Å². The molecule has 0 aliphatic carbocycles. The Bertz CT molecular complexity index is 708. The minimum atomic E-state index is -4.53. The molecule has 0 saturated carbocycles. The van der Waals surface area contributed by atoms with Gasteiger partial charge in [0.05, 0.1) is 17.0 Å². The second-order valence-electron chi connectivity index (χ2n) is 4.94. The Morgan fingerprint density at radius 1 is 1.36 bits per heavy atom. The number of nitrogens with zero attached hydrogens (tertiary/aromatic N) is 1.